The molecule has 23 heavy (non-hydrogen) atoms. The van der Waals surface area contributed by atoms with Gasteiger partial charge in [-0.3, -0.25) is 4.79 Å². The number of hydrogen-bond donors (Lipinski definition) is 2. The fourth-order valence-corrected chi connectivity index (χ4v) is 3.53. The monoisotopic (exact) mass is 338 g/mol. The fraction of sp³-hybridized carbons (Fsp3) is 0.625. The molecular formula is C16H26N4O2S. The summed E-state index contributed by atoms with van der Waals surface area (Å²) < 4.78 is 0. The van der Waals surface area contributed by atoms with Crippen LogP contribution in [-0.2, 0) is 4.79 Å². The van der Waals surface area contributed by atoms with Crippen molar-refractivity contribution in [3.05, 3.63) is 22.4 Å². The van der Waals surface area contributed by atoms with Crippen molar-refractivity contribution in [3.63, 3.8) is 0 Å². The molecule has 128 valence electrons. The number of carbonyl (C=O) groups excluding carboxylic acids is 2. The number of nitrogens with zero attached hydrogens (tertiary/aromatic N) is 2. The van der Waals surface area contributed by atoms with Crippen molar-refractivity contribution in [1.82, 2.24) is 20.4 Å². The van der Waals surface area contributed by atoms with E-state index in [2.05, 4.69) is 32.4 Å². The minimum atomic E-state index is -0.131. The van der Waals surface area contributed by atoms with Gasteiger partial charge in [0, 0.05) is 32.6 Å². The van der Waals surface area contributed by atoms with Gasteiger partial charge in [-0.2, -0.15) is 11.3 Å². The first-order valence-corrected chi connectivity index (χ1v) is 8.90. The molecule has 1 aromatic heterocycles. The fourth-order valence-electron chi connectivity index (χ4n) is 2.83. The van der Waals surface area contributed by atoms with Crippen molar-refractivity contribution >= 4 is 23.3 Å². The van der Waals surface area contributed by atoms with E-state index >= 15 is 0 Å². The van der Waals surface area contributed by atoms with E-state index < -0.39 is 0 Å². The molecular weight excluding hydrogens is 312 g/mol. The summed E-state index contributed by atoms with van der Waals surface area (Å²) in [6.45, 7) is 3.60. The van der Waals surface area contributed by atoms with Gasteiger partial charge in [-0.25, -0.2) is 4.79 Å². The quantitative estimate of drug-likeness (QED) is 0.858. The van der Waals surface area contributed by atoms with E-state index in [1.165, 1.54) is 5.56 Å². The molecule has 7 heteroatoms. The molecule has 0 unspecified atom stereocenters. The second-order valence-corrected chi connectivity index (χ2v) is 6.95. The van der Waals surface area contributed by atoms with E-state index in [1.54, 1.807) is 18.3 Å². The van der Waals surface area contributed by atoms with Gasteiger partial charge in [-0.1, -0.05) is 0 Å². The van der Waals surface area contributed by atoms with Crippen LogP contribution < -0.4 is 10.6 Å². The van der Waals surface area contributed by atoms with E-state index in [9.17, 15) is 9.59 Å². The van der Waals surface area contributed by atoms with Crippen LogP contribution in [0, 0.1) is 0 Å². The highest BCUT2D eigenvalue weighted by Crippen LogP contribution is 2.20. The molecule has 2 N–H and O–H groups in total. The Hall–Kier alpha value is -1.60. The molecule has 1 saturated heterocycles. The van der Waals surface area contributed by atoms with Crippen LogP contribution >= 0.6 is 11.3 Å². The Morgan fingerprint density at radius 3 is 2.61 bits per heavy atom. The molecule has 1 aliphatic rings. The molecule has 0 aromatic carbocycles. The highest BCUT2D eigenvalue weighted by Gasteiger charge is 2.22. The van der Waals surface area contributed by atoms with Crippen molar-refractivity contribution < 1.29 is 9.59 Å². The van der Waals surface area contributed by atoms with Gasteiger partial charge in [0.25, 0.3) is 0 Å². The van der Waals surface area contributed by atoms with Crippen LogP contribution in [0.5, 0.6) is 0 Å². The SMILES string of the molecule is CC(=O)N1CCC(NC(=O)NC[C@@H](c2ccsc2)N(C)C)CC1. The summed E-state index contributed by atoms with van der Waals surface area (Å²) >= 11 is 1.66. The lowest BCUT2D eigenvalue weighted by atomic mass is 10.1. The third-order valence-corrected chi connectivity index (χ3v) is 4.98. The summed E-state index contributed by atoms with van der Waals surface area (Å²) in [5.41, 5.74) is 1.22. The van der Waals surface area contributed by atoms with Crippen molar-refractivity contribution in [2.45, 2.75) is 31.8 Å². The number of amides is 3. The predicted molar refractivity (Wildman–Crippen MR) is 92.6 cm³/mol. The average molecular weight is 338 g/mol. The largest absolute Gasteiger partial charge is 0.343 e. The maximum Gasteiger partial charge on any atom is 0.315 e. The van der Waals surface area contributed by atoms with Crippen LogP contribution in [0.3, 0.4) is 0 Å². The summed E-state index contributed by atoms with van der Waals surface area (Å²) in [4.78, 5) is 27.3. The Bertz CT molecular complexity index is 510. The molecule has 2 heterocycles. The highest BCUT2D eigenvalue weighted by atomic mass is 32.1. The number of piperidine rings is 1. The van der Waals surface area contributed by atoms with Crippen LogP contribution in [0.2, 0.25) is 0 Å². The van der Waals surface area contributed by atoms with Gasteiger partial charge in [0.2, 0.25) is 5.91 Å². The lowest BCUT2D eigenvalue weighted by Crippen LogP contribution is -2.49. The summed E-state index contributed by atoms with van der Waals surface area (Å²) in [7, 11) is 4.03. The zero-order chi connectivity index (χ0) is 16.8. The van der Waals surface area contributed by atoms with E-state index in [1.807, 2.05) is 19.0 Å². The first-order valence-electron chi connectivity index (χ1n) is 7.95. The Morgan fingerprint density at radius 2 is 2.09 bits per heavy atom. The molecule has 0 bridgehead atoms. The van der Waals surface area contributed by atoms with Gasteiger partial charge in [-0.05, 0) is 49.3 Å². The second kappa shape index (κ2) is 8.31. The average Bonchev–Trinajstić information content (AvgIpc) is 3.01. The van der Waals surface area contributed by atoms with Crippen molar-refractivity contribution in [2.24, 2.45) is 0 Å². The first kappa shape index (κ1) is 17.7. The zero-order valence-electron chi connectivity index (χ0n) is 14.0. The van der Waals surface area contributed by atoms with Gasteiger partial charge in [0.1, 0.15) is 0 Å². The maximum absolute atomic E-state index is 12.1. The summed E-state index contributed by atoms with van der Waals surface area (Å²) in [5.74, 6) is 0.109. The van der Waals surface area contributed by atoms with Gasteiger partial charge in [0.15, 0.2) is 0 Å². The van der Waals surface area contributed by atoms with Gasteiger partial charge in [0.05, 0.1) is 6.04 Å². The molecule has 1 aliphatic heterocycles. The van der Waals surface area contributed by atoms with Crippen molar-refractivity contribution in [1.29, 1.82) is 0 Å². The standard InChI is InChI=1S/C16H26N4O2S/c1-12(21)20-7-4-14(5-8-20)18-16(22)17-10-15(19(2)3)13-6-9-23-11-13/h6,9,11,14-15H,4-5,7-8,10H2,1-3H3,(H2,17,18,22)/t15-/m0/s1. The molecule has 1 aromatic rings. The van der Waals surface area contributed by atoms with Crippen LogP contribution in [0.4, 0.5) is 4.79 Å². The summed E-state index contributed by atoms with van der Waals surface area (Å²) in [5, 5.41) is 10.1. The normalized spacial score (nSPS) is 17.1. The van der Waals surface area contributed by atoms with Crippen molar-refractivity contribution in [2.75, 3.05) is 33.7 Å². The number of carbonyl (C=O) groups is 2. The molecule has 0 spiro atoms. The summed E-state index contributed by atoms with van der Waals surface area (Å²) in [6.07, 6.45) is 1.63. The number of urea groups is 1. The topological polar surface area (TPSA) is 64.7 Å². The minimum absolute atomic E-state index is 0.109. The molecule has 0 radical (unpaired) electrons. The van der Waals surface area contributed by atoms with Gasteiger partial charge >= 0.3 is 6.03 Å². The highest BCUT2D eigenvalue weighted by molar-refractivity contribution is 7.07. The smallest absolute Gasteiger partial charge is 0.315 e. The number of hydrogen-bond acceptors (Lipinski definition) is 4. The summed E-state index contributed by atoms with van der Waals surface area (Å²) in [6, 6.07) is 2.27. The zero-order valence-corrected chi connectivity index (χ0v) is 14.9. The van der Waals surface area contributed by atoms with Crippen LogP contribution in [-0.4, -0.2) is 61.5 Å². The second-order valence-electron chi connectivity index (χ2n) is 6.17. The third-order valence-electron chi connectivity index (χ3n) is 4.28. The van der Waals surface area contributed by atoms with E-state index in [-0.39, 0.29) is 24.0 Å². The maximum atomic E-state index is 12.1. The Balaban J connectivity index is 1.75. The van der Waals surface area contributed by atoms with Crippen LogP contribution in [0.1, 0.15) is 31.4 Å². The minimum Gasteiger partial charge on any atom is -0.343 e. The molecule has 2 rings (SSSR count). The predicted octanol–water partition coefficient (Wildman–Crippen LogP) is 1.66. The molecule has 6 nitrogen and oxygen atoms in total. The number of thiophene rings is 1. The first-order chi connectivity index (χ1) is 11.0. The Labute approximate surface area is 141 Å². The van der Waals surface area contributed by atoms with Crippen molar-refractivity contribution in [3.8, 4) is 0 Å². The molecule has 1 fully saturated rings. The van der Waals surface area contributed by atoms with Crippen LogP contribution in [0.25, 0.3) is 0 Å². The third kappa shape index (κ3) is 5.21. The van der Waals surface area contributed by atoms with E-state index in [0.29, 0.717) is 6.54 Å². The molecule has 0 saturated carbocycles. The van der Waals surface area contributed by atoms with E-state index in [4.69, 9.17) is 0 Å². The Morgan fingerprint density at radius 1 is 1.39 bits per heavy atom. The van der Waals surface area contributed by atoms with Gasteiger partial charge in [-0.15, -0.1) is 0 Å². The lowest BCUT2D eigenvalue weighted by molar-refractivity contribution is -0.129. The number of likely N-dealkylation sites (tertiary alicyclic amines) is 1. The van der Waals surface area contributed by atoms with E-state index in [0.717, 1.165) is 25.9 Å². The Kier molecular flexibility index (Phi) is 6.41. The molecule has 1 atom stereocenters. The number of rotatable bonds is 5. The number of likely N-dealkylation sites (N-methyl/N-ethyl adjacent to an activating group) is 1. The molecule has 0 aliphatic carbocycles. The van der Waals surface area contributed by atoms with Gasteiger partial charge < -0.3 is 20.4 Å². The van der Waals surface area contributed by atoms with Crippen LogP contribution in [0.15, 0.2) is 16.8 Å². The molecule has 3 amide bonds. The number of nitrogens with one attached hydrogen (secondary N) is 2. The lowest BCUT2D eigenvalue weighted by Gasteiger charge is -2.32.